The van der Waals surface area contributed by atoms with Crippen molar-refractivity contribution in [2.45, 2.75) is 18.5 Å². The van der Waals surface area contributed by atoms with Crippen LogP contribution in [0, 0.1) is 5.82 Å². The maximum Gasteiger partial charge on any atom is 0.168 e. The normalized spacial score (nSPS) is 19.7. The molecular weight excluding hydrogens is 367 g/mol. The van der Waals surface area contributed by atoms with Gasteiger partial charge in [-0.25, -0.2) is 19.0 Å². The van der Waals surface area contributed by atoms with Crippen LogP contribution in [-0.4, -0.2) is 44.3 Å². The highest BCUT2D eigenvalue weighted by Gasteiger charge is 2.33. The molecule has 146 valence electrons. The summed E-state index contributed by atoms with van der Waals surface area (Å²) in [5.41, 5.74) is 2.81. The Balaban J connectivity index is 1.48. The number of para-hydroxylation sites is 1. The quantitative estimate of drug-likeness (QED) is 0.576. The van der Waals surface area contributed by atoms with E-state index < -0.39 is 0 Å². The molecule has 0 radical (unpaired) electrons. The molecule has 2 atom stereocenters. The first-order valence-electron chi connectivity index (χ1n) is 9.67. The van der Waals surface area contributed by atoms with Crippen molar-refractivity contribution in [1.82, 2.24) is 24.6 Å². The summed E-state index contributed by atoms with van der Waals surface area (Å²) >= 11 is 0. The Morgan fingerprint density at radius 3 is 2.62 bits per heavy atom. The van der Waals surface area contributed by atoms with Gasteiger partial charge in [0.25, 0.3) is 0 Å². The molecule has 5 rings (SSSR count). The van der Waals surface area contributed by atoms with Crippen LogP contribution in [0.5, 0.6) is 0 Å². The van der Waals surface area contributed by atoms with Crippen molar-refractivity contribution >= 4 is 16.9 Å². The number of anilines is 1. The molecule has 4 aromatic rings. The third-order valence-corrected chi connectivity index (χ3v) is 5.55. The van der Waals surface area contributed by atoms with Crippen LogP contribution < -0.4 is 5.32 Å². The Morgan fingerprint density at radius 2 is 1.83 bits per heavy atom. The lowest BCUT2D eigenvalue weighted by Crippen LogP contribution is -2.29. The molecule has 1 aliphatic heterocycles. The average molecular weight is 388 g/mol. The summed E-state index contributed by atoms with van der Waals surface area (Å²) in [5.74, 6) is 0.550. The van der Waals surface area contributed by atoms with Crippen LogP contribution in [0.2, 0.25) is 0 Å². The van der Waals surface area contributed by atoms with Crippen LogP contribution in [0.4, 0.5) is 10.2 Å². The standard InChI is InChI=1S/C22H21FN6/c1-28-12-11-19(20(28)15-7-9-16(23)10-8-15)27-21-18-13-26-29(22(18)25-14-24-21)17-5-3-2-4-6-17/h2-10,13-14,19-20H,11-12H2,1H3,(H,24,25,27)/t19-,20+/m0/s1. The van der Waals surface area contributed by atoms with E-state index in [0.29, 0.717) is 0 Å². The summed E-state index contributed by atoms with van der Waals surface area (Å²) < 4.78 is 15.2. The second kappa shape index (κ2) is 7.25. The summed E-state index contributed by atoms with van der Waals surface area (Å²) in [7, 11) is 2.10. The van der Waals surface area contributed by atoms with Gasteiger partial charge in [0.15, 0.2) is 5.65 Å². The minimum absolute atomic E-state index is 0.143. The fourth-order valence-corrected chi connectivity index (χ4v) is 4.14. The zero-order valence-corrected chi connectivity index (χ0v) is 16.0. The summed E-state index contributed by atoms with van der Waals surface area (Å²) in [4.78, 5) is 11.2. The molecule has 2 aromatic carbocycles. The molecule has 3 heterocycles. The Bertz CT molecular complexity index is 1130. The highest BCUT2D eigenvalue weighted by molar-refractivity contribution is 5.87. The maximum absolute atomic E-state index is 13.4. The number of aromatic nitrogens is 4. The molecule has 1 aliphatic rings. The fraction of sp³-hybridized carbons (Fsp3) is 0.227. The van der Waals surface area contributed by atoms with Crippen molar-refractivity contribution < 1.29 is 4.39 Å². The third-order valence-electron chi connectivity index (χ3n) is 5.55. The molecule has 2 aromatic heterocycles. The molecule has 0 saturated carbocycles. The van der Waals surface area contributed by atoms with Gasteiger partial charge in [-0.2, -0.15) is 5.10 Å². The minimum atomic E-state index is -0.218. The van der Waals surface area contributed by atoms with Crippen LogP contribution in [0.3, 0.4) is 0 Å². The van der Waals surface area contributed by atoms with Gasteiger partial charge in [-0.05, 0) is 43.3 Å². The number of hydrogen-bond donors (Lipinski definition) is 1. The number of fused-ring (bicyclic) bond motifs is 1. The molecule has 0 bridgehead atoms. The van der Waals surface area contributed by atoms with Gasteiger partial charge in [0, 0.05) is 12.6 Å². The molecule has 29 heavy (non-hydrogen) atoms. The second-order valence-corrected chi connectivity index (χ2v) is 7.37. The summed E-state index contributed by atoms with van der Waals surface area (Å²) in [5, 5.41) is 9.01. The first-order valence-corrected chi connectivity index (χ1v) is 9.67. The lowest BCUT2D eigenvalue weighted by atomic mass is 10.00. The van der Waals surface area contributed by atoms with E-state index in [-0.39, 0.29) is 17.9 Å². The SMILES string of the molecule is CN1CC[C@H](Nc2ncnc3c2cnn3-c2ccccc2)[C@H]1c1ccc(F)cc1. The van der Waals surface area contributed by atoms with Gasteiger partial charge >= 0.3 is 0 Å². The van der Waals surface area contributed by atoms with E-state index in [9.17, 15) is 4.39 Å². The van der Waals surface area contributed by atoms with Crippen molar-refractivity contribution in [3.05, 3.63) is 78.5 Å². The summed E-state index contributed by atoms with van der Waals surface area (Å²) in [6, 6.07) is 17.0. The smallest absolute Gasteiger partial charge is 0.168 e. The van der Waals surface area contributed by atoms with Crippen LogP contribution in [0.25, 0.3) is 16.7 Å². The number of likely N-dealkylation sites (N-methyl/N-ethyl adjacent to an activating group) is 1. The molecule has 1 saturated heterocycles. The van der Waals surface area contributed by atoms with Gasteiger partial charge in [0.2, 0.25) is 0 Å². The van der Waals surface area contributed by atoms with E-state index in [1.165, 1.54) is 12.1 Å². The average Bonchev–Trinajstić information content (AvgIpc) is 3.34. The lowest BCUT2D eigenvalue weighted by molar-refractivity contribution is 0.309. The topological polar surface area (TPSA) is 58.9 Å². The summed E-state index contributed by atoms with van der Waals surface area (Å²) in [6.07, 6.45) is 4.34. The van der Waals surface area contributed by atoms with E-state index in [2.05, 4.69) is 32.3 Å². The van der Waals surface area contributed by atoms with Crippen molar-refractivity contribution in [3.8, 4) is 5.69 Å². The number of likely N-dealkylation sites (tertiary alicyclic amines) is 1. The number of halogens is 1. The van der Waals surface area contributed by atoms with Crippen molar-refractivity contribution in [3.63, 3.8) is 0 Å². The van der Waals surface area contributed by atoms with Crippen molar-refractivity contribution in [2.24, 2.45) is 0 Å². The van der Waals surface area contributed by atoms with E-state index >= 15 is 0 Å². The van der Waals surface area contributed by atoms with Crippen LogP contribution in [-0.2, 0) is 0 Å². The number of benzene rings is 2. The predicted octanol–water partition coefficient (Wildman–Crippen LogP) is 3.81. The highest BCUT2D eigenvalue weighted by atomic mass is 19.1. The van der Waals surface area contributed by atoms with E-state index in [4.69, 9.17) is 0 Å². The third kappa shape index (κ3) is 3.23. The maximum atomic E-state index is 13.4. The Kier molecular flexibility index (Phi) is 4.44. The number of hydrogen-bond acceptors (Lipinski definition) is 5. The van der Waals surface area contributed by atoms with Crippen molar-refractivity contribution in [2.75, 3.05) is 18.9 Å². The first-order chi connectivity index (χ1) is 14.2. The molecule has 0 amide bonds. The molecule has 7 heteroatoms. The number of nitrogens with one attached hydrogen (secondary N) is 1. The number of nitrogens with zero attached hydrogens (tertiary/aromatic N) is 5. The zero-order chi connectivity index (χ0) is 19.8. The van der Waals surface area contributed by atoms with Gasteiger partial charge in [0.1, 0.15) is 18.0 Å². The van der Waals surface area contributed by atoms with E-state index in [0.717, 1.165) is 41.1 Å². The van der Waals surface area contributed by atoms with Gasteiger partial charge in [-0.1, -0.05) is 30.3 Å². The Hall–Kier alpha value is -3.32. The molecular formula is C22H21FN6. The Labute approximate surface area is 168 Å². The van der Waals surface area contributed by atoms with Gasteiger partial charge < -0.3 is 5.32 Å². The second-order valence-electron chi connectivity index (χ2n) is 7.37. The van der Waals surface area contributed by atoms with E-state index in [1.807, 2.05) is 47.1 Å². The molecule has 0 spiro atoms. The number of rotatable bonds is 4. The fourth-order valence-electron chi connectivity index (χ4n) is 4.14. The highest BCUT2D eigenvalue weighted by Crippen LogP contribution is 2.34. The van der Waals surface area contributed by atoms with Gasteiger partial charge in [-0.3, -0.25) is 4.90 Å². The van der Waals surface area contributed by atoms with Crippen LogP contribution >= 0.6 is 0 Å². The monoisotopic (exact) mass is 388 g/mol. The van der Waals surface area contributed by atoms with Gasteiger partial charge in [-0.15, -0.1) is 0 Å². The Morgan fingerprint density at radius 1 is 1.03 bits per heavy atom. The molecule has 6 nitrogen and oxygen atoms in total. The van der Waals surface area contributed by atoms with Crippen LogP contribution in [0.1, 0.15) is 18.0 Å². The summed E-state index contributed by atoms with van der Waals surface area (Å²) in [6.45, 7) is 0.956. The predicted molar refractivity (Wildman–Crippen MR) is 110 cm³/mol. The molecule has 0 aliphatic carbocycles. The largest absolute Gasteiger partial charge is 0.365 e. The zero-order valence-electron chi connectivity index (χ0n) is 16.0. The molecule has 1 N–H and O–H groups in total. The van der Waals surface area contributed by atoms with Crippen molar-refractivity contribution in [1.29, 1.82) is 0 Å². The van der Waals surface area contributed by atoms with Gasteiger partial charge in [0.05, 0.1) is 23.3 Å². The first kappa shape index (κ1) is 17.8. The molecule has 1 fully saturated rings. The molecule has 0 unspecified atom stereocenters. The minimum Gasteiger partial charge on any atom is -0.365 e. The van der Waals surface area contributed by atoms with Crippen LogP contribution in [0.15, 0.2) is 67.1 Å². The lowest BCUT2D eigenvalue weighted by Gasteiger charge is -2.26. The van der Waals surface area contributed by atoms with E-state index in [1.54, 1.807) is 12.5 Å².